The molecule has 0 radical (unpaired) electrons. The molecular formula is C10H17N2O5+. The van der Waals surface area contributed by atoms with Crippen LogP contribution < -0.4 is 0 Å². The Morgan fingerprint density at radius 3 is 2.59 bits per heavy atom. The van der Waals surface area contributed by atoms with Gasteiger partial charge < -0.3 is 14.9 Å². The fraction of sp³-hybridized carbons (Fsp3) is 0.700. The zero-order valence-electron chi connectivity index (χ0n) is 9.54. The van der Waals surface area contributed by atoms with Gasteiger partial charge in [0.15, 0.2) is 6.34 Å². The molecule has 17 heavy (non-hydrogen) atoms. The Balaban J connectivity index is 2.35. The third kappa shape index (κ3) is 4.92. The van der Waals surface area contributed by atoms with Crippen LogP contribution in [-0.4, -0.2) is 72.4 Å². The molecule has 0 aliphatic carbocycles. The van der Waals surface area contributed by atoms with Crippen molar-refractivity contribution in [2.24, 2.45) is 4.99 Å². The molecule has 0 aromatic rings. The van der Waals surface area contributed by atoms with Gasteiger partial charge in [-0.2, -0.15) is 0 Å². The van der Waals surface area contributed by atoms with Crippen LogP contribution in [0.4, 0.5) is 0 Å². The largest absolute Gasteiger partial charge is 0.481 e. The van der Waals surface area contributed by atoms with Crippen LogP contribution in [0, 0.1) is 0 Å². The average Bonchev–Trinajstić information content (AvgIpc) is 2.71. The highest BCUT2D eigenvalue weighted by Crippen LogP contribution is 2.10. The lowest BCUT2D eigenvalue weighted by atomic mass is 10.3. The number of quaternary nitrogens is 1. The lowest BCUT2D eigenvalue weighted by Crippen LogP contribution is -2.49. The highest BCUT2D eigenvalue weighted by atomic mass is 16.5. The SMILES string of the molecule is O=C(O)CC[N+]1(CCOCC(=O)O)C=NCC1. The fourth-order valence-electron chi connectivity index (χ4n) is 1.72. The monoisotopic (exact) mass is 245 g/mol. The van der Waals surface area contributed by atoms with Gasteiger partial charge in [0.1, 0.15) is 19.7 Å². The van der Waals surface area contributed by atoms with Crippen molar-refractivity contribution in [2.45, 2.75) is 6.42 Å². The zero-order valence-corrected chi connectivity index (χ0v) is 9.54. The number of aliphatic carboxylic acids is 2. The van der Waals surface area contributed by atoms with Crippen LogP contribution in [-0.2, 0) is 14.3 Å². The van der Waals surface area contributed by atoms with Gasteiger partial charge in [0.2, 0.25) is 0 Å². The van der Waals surface area contributed by atoms with E-state index in [2.05, 4.69) is 4.99 Å². The van der Waals surface area contributed by atoms with Gasteiger partial charge in [-0.15, -0.1) is 0 Å². The lowest BCUT2D eigenvalue weighted by molar-refractivity contribution is -0.828. The molecule has 1 aliphatic rings. The van der Waals surface area contributed by atoms with E-state index in [4.69, 9.17) is 14.9 Å². The summed E-state index contributed by atoms with van der Waals surface area (Å²) in [5, 5.41) is 17.1. The summed E-state index contributed by atoms with van der Waals surface area (Å²) in [5.74, 6) is -1.84. The second-order valence-electron chi connectivity index (χ2n) is 4.00. The molecule has 0 saturated carbocycles. The van der Waals surface area contributed by atoms with Crippen LogP contribution in [0.5, 0.6) is 0 Å². The molecule has 0 fully saturated rings. The Bertz CT molecular complexity index is 318. The smallest absolute Gasteiger partial charge is 0.329 e. The van der Waals surface area contributed by atoms with Gasteiger partial charge in [-0.05, 0) is 0 Å². The summed E-state index contributed by atoms with van der Waals surface area (Å²) in [7, 11) is 0. The van der Waals surface area contributed by atoms with Gasteiger partial charge in [-0.25, -0.2) is 9.79 Å². The molecular weight excluding hydrogens is 228 g/mol. The minimum atomic E-state index is -1.00. The first kappa shape index (κ1) is 13.6. The van der Waals surface area contributed by atoms with Crippen LogP contribution in [0.3, 0.4) is 0 Å². The molecule has 0 aromatic carbocycles. The Morgan fingerprint density at radius 1 is 1.29 bits per heavy atom. The first-order chi connectivity index (χ1) is 8.04. The lowest BCUT2D eigenvalue weighted by Gasteiger charge is -2.29. The number of carboxylic acids is 2. The number of hydrogen-bond donors (Lipinski definition) is 2. The Labute approximate surface area is 98.9 Å². The minimum Gasteiger partial charge on any atom is -0.481 e. The summed E-state index contributed by atoms with van der Waals surface area (Å²) >= 11 is 0. The van der Waals surface area contributed by atoms with Crippen molar-refractivity contribution in [2.75, 3.05) is 39.4 Å². The first-order valence-corrected chi connectivity index (χ1v) is 5.42. The van der Waals surface area contributed by atoms with Crippen molar-refractivity contribution in [1.82, 2.24) is 0 Å². The standard InChI is InChI=1S/C10H16N2O5/c13-9(14)1-3-12(4-2-11-8-12)5-6-17-7-10(15)16/h8H,1-7H2,(H-,13,14,15,16)/p+1. The maximum atomic E-state index is 10.6. The molecule has 0 amide bonds. The number of carboxylic acid groups (broad SMARTS) is 2. The van der Waals surface area contributed by atoms with Crippen LogP contribution in [0.15, 0.2) is 4.99 Å². The van der Waals surface area contributed by atoms with E-state index in [0.717, 1.165) is 6.54 Å². The van der Waals surface area contributed by atoms with E-state index in [0.29, 0.717) is 24.1 Å². The number of hydrogen-bond acceptors (Lipinski definition) is 4. The van der Waals surface area contributed by atoms with E-state index in [1.807, 2.05) is 0 Å². The molecule has 0 saturated heterocycles. The highest BCUT2D eigenvalue weighted by molar-refractivity contribution is 5.68. The van der Waals surface area contributed by atoms with E-state index in [-0.39, 0.29) is 19.6 Å². The molecule has 1 unspecified atom stereocenters. The van der Waals surface area contributed by atoms with Gasteiger partial charge in [-0.3, -0.25) is 9.28 Å². The minimum absolute atomic E-state index is 0.0744. The second-order valence-corrected chi connectivity index (χ2v) is 4.00. The van der Waals surface area contributed by atoms with Crippen molar-refractivity contribution in [3.05, 3.63) is 0 Å². The molecule has 1 heterocycles. The third-order valence-electron chi connectivity index (χ3n) is 2.68. The van der Waals surface area contributed by atoms with Crippen LogP contribution in [0.25, 0.3) is 0 Å². The predicted octanol–water partition coefficient (Wildman–Crippen LogP) is -0.579. The van der Waals surface area contributed by atoms with Gasteiger partial charge >= 0.3 is 11.9 Å². The summed E-state index contributed by atoms with van der Waals surface area (Å²) in [6.45, 7) is 2.43. The molecule has 7 nitrogen and oxygen atoms in total. The summed E-state index contributed by atoms with van der Waals surface area (Å²) in [6, 6.07) is 0. The average molecular weight is 245 g/mol. The molecule has 1 aliphatic heterocycles. The normalized spacial score (nSPS) is 22.8. The van der Waals surface area contributed by atoms with E-state index >= 15 is 0 Å². The van der Waals surface area contributed by atoms with Gasteiger partial charge in [-0.1, -0.05) is 0 Å². The number of rotatable bonds is 8. The van der Waals surface area contributed by atoms with E-state index in [1.165, 1.54) is 0 Å². The topological polar surface area (TPSA) is 96.2 Å². The Morgan fingerprint density at radius 2 is 2.06 bits per heavy atom. The number of ether oxygens (including phenoxy) is 1. The first-order valence-electron chi connectivity index (χ1n) is 5.42. The third-order valence-corrected chi connectivity index (χ3v) is 2.68. The van der Waals surface area contributed by atoms with Crippen LogP contribution in [0.1, 0.15) is 6.42 Å². The molecule has 2 N–H and O–H groups in total. The maximum Gasteiger partial charge on any atom is 0.329 e. The predicted molar refractivity (Wildman–Crippen MR) is 58.9 cm³/mol. The van der Waals surface area contributed by atoms with Gasteiger partial charge in [0.25, 0.3) is 0 Å². The fourth-order valence-corrected chi connectivity index (χ4v) is 1.72. The number of nitrogens with zero attached hydrogens (tertiary/aromatic N) is 2. The number of carbonyl (C=O) groups is 2. The summed E-state index contributed by atoms with van der Waals surface area (Å²) < 4.78 is 5.43. The Kier molecular flexibility index (Phi) is 5.05. The molecule has 96 valence electrons. The molecule has 7 heteroatoms. The molecule has 1 rings (SSSR count). The molecule has 0 spiro atoms. The maximum absolute atomic E-state index is 10.6. The van der Waals surface area contributed by atoms with Crippen molar-refractivity contribution >= 4 is 18.3 Å². The second kappa shape index (κ2) is 6.31. The van der Waals surface area contributed by atoms with Crippen molar-refractivity contribution in [3.8, 4) is 0 Å². The molecule has 1 atom stereocenters. The van der Waals surface area contributed by atoms with E-state index in [1.54, 1.807) is 6.34 Å². The Hall–Kier alpha value is -1.47. The zero-order chi connectivity index (χ0) is 12.7. The van der Waals surface area contributed by atoms with Gasteiger partial charge in [0.05, 0.1) is 26.1 Å². The van der Waals surface area contributed by atoms with E-state index < -0.39 is 11.9 Å². The van der Waals surface area contributed by atoms with Crippen LogP contribution in [0.2, 0.25) is 0 Å². The van der Waals surface area contributed by atoms with Crippen molar-refractivity contribution in [1.29, 1.82) is 0 Å². The summed E-state index contributed by atoms with van der Waals surface area (Å²) in [4.78, 5) is 24.9. The van der Waals surface area contributed by atoms with Crippen molar-refractivity contribution < 1.29 is 29.0 Å². The van der Waals surface area contributed by atoms with Crippen LogP contribution >= 0.6 is 0 Å². The molecule has 0 bridgehead atoms. The van der Waals surface area contributed by atoms with Crippen molar-refractivity contribution in [3.63, 3.8) is 0 Å². The highest BCUT2D eigenvalue weighted by Gasteiger charge is 2.29. The molecule has 0 aromatic heterocycles. The van der Waals surface area contributed by atoms with Gasteiger partial charge in [0, 0.05) is 0 Å². The quantitative estimate of drug-likeness (QED) is 0.440. The summed E-state index contributed by atoms with van der Waals surface area (Å²) in [5.41, 5.74) is 0. The summed E-state index contributed by atoms with van der Waals surface area (Å²) in [6.07, 6.45) is 1.82. The number of aliphatic imine (C=N–C) groups is 1. The van der Waals surface area contributed by atoms with E-state index in [9.17, 15) is 9.59 Å².